The van der Waals surface area contributed by atoms with Crippen molar-refractivity contribution in [3.8, 4) is 0 Å². The van der Waals surface area contributed by atoms with E-state index in [9.17, 15) is 4.79 Å². The average molecular weight is 280 g/mol. The quantitative estimate of drug-likeness (QED) is 0.727. The van der Waals surface area contributed by atoms with Crippen LogP contribution in [0.15, 0.2) is 18.2 Å². The van der Waals surface area contributed by atoms with E-state index < -0.39 is 0 Å². The van der Waals surface area contributed by atoms with Gasteiger partial charge in [-0.05, 0) is 44.2 Å². The van der Waals surface area contributed by atoms with Crippen LogP contribution in [-0.2, 0) is 4.79 Å². The highest BCUT2D eigenvalue weighted by Gasteiger charge is 2.27. The van der Waals surface area contributed by atoms with Crippen LogP contribution >= 0.6 is 11.6 Å². The van der Waals surface area contributed by atoms with Crippen molar-refractivity contribution in [3.05, 3.63) is 29.0 Å². The van der Waals surface area contributed by atoms with Crippen LogP contribution in [0.2, 0.25) is 5.15 Å². The Morgan fingerprint density at radius 1 is 1.32 bits per heavy atom. The Hall–Kier alpha value is -0.890. The molecule has 1 aliphatic rings. The third kappa shape index (κ3) is 4.04. The zero-order chi connectivity index (χ0) is 13.7. The molecule has 1 fully saturated rings. The van der Waals surface area contributed by atoms with E-state index in [1.807, 2.05) is 12.1 Å². The number of aromatic nitrogens is 1. The van der Waals surface area contributed by atoms with Gasteiger partial charge < -0.3 is 0 Å². The van der Waals surface area contributed by atoms with E-state index in [-0.39, 0.29) is 0 Å². The maximum Gasteiger partial charge on any atom is 0.135 e. The molecule has 2 nitrogen and oxygen atoms in total. The second-order valence-electron chi connectivity index (χ2n) is 5.50. The Balaban J connectivity index is 1.87. The summed E-state index contributed by atoms with van der Waals surface area (Å²) in [5, 5.41) is 0.568. The summed E-state index contributed by atoms with van der Waals surface area (Å²) >= 11 is 5.94. The van der Waals surface area contributed by atoms with Crippen LogP contribution in [-0.4, -0.2) is 10.8 Å². The molecule has 19 heavy (non-hydrogen) atoms. The summed E-state index contributed by atoms with van der Waals surface area (Å²) in [4.78, 5) is 16.4. The molecule has 0 radical (unpaired) electrons. The van der Waals surface area contributed by atoms with Gasteiger partial charge >= 0.3 is 0 Å². The summed E-state index contributed by atoms with van der Waals surface area (Å²) < 4.78 is 0. The summed E-state index contributed by atoms with van der Waals surface area (Å²) in [6.45, 7) is 2.13. The van der Waals surface area contributed by atoms with E-state index >= 15 is 0 Å². The van der Waals surface area contributed by atoms with E-state index in [0.29, 0.717) is 22.8 Å². The fourth-order valence-electron chi connectivity index (χ4n) is 2.92. The van der Waals surface area contributed by atoms with E-state index in [4.69, 9.17) is 11.6 Å². The van der Waals surface area contributed by atoms with E-state index in [1.54, 1.807) is 0 Å². The molecule has 0 unspecified atom stereocenters. The van der Waals surface area contributed by atoms with Crippen molar-refractivity contribution < 1.29 is 4.79 Å². The second-order valence-corrected chi connectivity index (χ2v) is 5.89. The summed E-state index contributed by atoms with van der Waals surface area (Å²) in [5.74, 6) is 1.25. The first-order valence-electron chi connectivity index (χ1n) is 7.36. The van der Waals surface area contributed by atoms with Gasteiger partial charge in [0.1, 0.15) is 10.9 Å². The first kappa shape index (κ1) is 14.5. The van der Waals surface area contributed by atoms with Crippen LogP contribution in [0, 0.1) is 5.92 Å². The van der Waals surface area contributed by atoms with Crippen molar-refractivity contribution in [1.29, 1.82) is 0 Å². The summed E-state index contributed by atoms with van der Waals surface area (Å²) in [6, 6.07) is 5.82. The molecular formula is C16H22ClNO. The van der Waals surface area contributed by atoms with Crippen LogP contribution < -0.4 is 0 Å². The predicted molar refractivity (Wildman–Crippen MR) is 78.5 cm³/mol. The zero-order valence-electron chi connectivity index (χ0n) is 11.6. The van der Waals surface area contributed by atoms with Crippen LogP contribution in [0.1, 0.15) is 63.5 Å². The van der Waals surface area contributed by atoms with Gasteiger partial charge in [-0.15, -0.1) is 0 Å². The highest BCUT2D eigenvalue weighted by Crippen LogP contribution is 2.36. The molecule has 1 heterocycles. The Kier molecular flexibility index (Phi) is 5.38. The smallest absolute Gasteiger partial charge is 0.135 e. The lowest BCUT2D eigenvalue weighted by Gasteiger charge is -2.27. The van der Waals surface area contributed by atoms with Crippen LogP contribution in [0.25, 0.3) is 0 Å². The van der Waals surface area contributed by atoms with Crippen molar-refractivity contribution >= 4 is 17.4 Å². The Morgan fingerprint density at radius 2 is 2.05 bits per heavy atom. The third-order valence-electron chi connectivity index (χ3n) is 4.11. The molecular weight excluding hydrogens is 258 g/mol. The number of hydrogen-bond acceptors (Lipinski definition) is 2. The molecule has 1 saturated carbocycles. The molecule has 0 aliphatic heterocycles. The van der Waals surface area contributed by atoms with Crippen LogP contribution in [0.5, 0.6) is 0 Å². The molecule has 1 aromatic rings. The number of nitrogens with zero attached hydrogens (tertiary/aromatic N) is 1. The molecule has 0 aromatic carbocycles. The Morgan fingerprint density at radius 3 is 2.68 bits per heavy atom. The first-order valence-corrected chi connectivity index (χ1v) is 7.73. The topological polar surface area (TPSA) is 30.0 Å². The zero-order valence-corrected chi connectivity index (χ0v) is 12.3. The SMILES string of the molecule is CCCCC(=O)C1CCC(c2cccc(Cl)n2)CC1. The fourth-order valence-corrected chi connectivity index (χ4v) is 3.09. The van der Waals surface area contributed by atoms with E-state index in [1.165, 1.54) is 0 Å². The molecule has 3 heteroatoms. The first-order chi connectivity index (χ1) is 9.20. The van der Waals surface area contributed by atoms with Gasteiger partial charge in [0.2, 0.25) is 0 Å². The molecule has 0 bridgehead atoms. The third-order valence-corrected chi connectivity index (χ3v) is 4.32. The van der Waals surface area contributed by atoms with Crippen molar-refractivity contribution in [2.75, 3.05) is 0 Å². The summed E-state index contributed by atoms with van der Waals surface area (Å²) in [6.07, 6.45) is 7.07. The standard InChI is InChI=1S/C16H22ClNO/c1-2-3-6-15(19)13-10-8-12(9-11-13)14-5-4-7-16(17)18-14/h4-5,7,12-13H,2-3,6,8-11H2,1H3. The molecule has 2 rings (SSSR count). The minimum absolute atomic E-state index is 0.294. The van der Waals surface area contributed by atoms with E-state index in [0.717, 1.165) is 50.6 Å². The maximum atomic E-state index is 12.0. The molecule has 0 saturated heterocycles. The highest BCUT2D eigenvalue weighted by molar-refractivity contribution is 6.29. The number of ketones is 1. The number of halogens is 1. The molecule has 0 amide bonds. The molecule has 0 N–H and O–H groups in total. The van der Waals surface area contributed by atoms with Gasteiger partial charge in [0.25, 0.3) is 0 Å². The lowest BCUT2D eigenvalue weighted by molar-refractivity contribution is -0.124. The Bertz CT molecular complexity index is 425. The van der Waals surface area contributed by atoms with Gasteiger partial charge in [-0.25, -0.2) is 4.98 Å². The predicted octanol–water partition coefficient (Wildman–Crippen LogP) is 4.77. The summed E-state index contributed by atoms with van der Waals surface area (Å²) in [7, 11) is 0. The maximum absolute atomic E-state index is 12.0. The number of unbranched alkanes of at least 4 members (excludes halogenated alkanes) is 1. The largest absolute Gasteiger partial charge is 0.299 e. The van der Waals surface area contributed by atoms with Gasteiger partial charge in [-0.3, -0.25) is 4.79 Å². The molecule has 0 atom stereocenters. The molecule has 1 aliphatic carbocycles. The average Bonchev–Trinajstić information content (AvgIpc) is 2.45. The second kappa shape index (κ2) is 7.04. The molecule has 1 aromatic heterocycles. The number of rotatable bonds is 5. The van der Waals surface area contributed by atoms with Gasteiger partial charge in [0.05, 0.1) is 0 Å². The normalized spacial score (nSPS) is 23.3. The molecule has 0 spiro atoms. The minimum Gasteiger partial charge on any atom is -0.299 e. The van der Waals surface area contributed by atoms with Gasteiger partial charge in [0, 0.05) is 24.0 Å². The van der Waals surface area contributed by atoms with Gasteiger partial charge in [-0.1, -0.05) is 31.0 Å². The van der Waals surface area contributed by atoms with Crippen molar-refractivity contribution in [2.24, 2.45) is 5.92 Å². The van der Waals surface area contributed by atoms with E-state index in [2.05, 4.69) is 18.0 Å². The lowest BCUT2D eigenvalue weighted by Crippen LogP contribution is -2.21. The number of Topliss-reactive ketones (excluding diaryl/α,β-unsaturated/α-hetero) is 1. The molecule has 104 valence electrons. The number of carbonyl (C=O) groups is 1. The fraction of sp³-hybridized carbons (Fsp3) is 0.625. The van der Waals surface area contributed by atoms with Gasteiger partial charge in [0.15, 0.2) is 0 Å². The number of pyridine rings is 1. The van der Waals surface area contributed by atoms with Crippen LogP contribution in [0.3, 0.4) is 0 Å². The highest BCUT2D eigenvalue weighted by atomic mass is 35.5. The Labute approximate surface area is 120 Å². The number of hydrogen-bond donors (Lipinski definition) is 0. The van der Waals surface area contributed by atoms with Crippen molar-refractivity contribution in [2.45, 2.75) is 57.8 Å². The van der Waals surface area contributed by atoms with Gasteiger partial charge in [-0.2, -0.15) is 0 Å². The van der Waals surface area contributed by atoms with Crippen molar-refractivity contribution in [3.63, 3.8) is 0 Å². The lowest BCUT2D eigenvalue weighted by atomic mass is 9.78. The summed E-state index contributed by atoms with van der Waals surface area (Å²) in [5.41, 5.74) is 1.09. The monoisotopic (exact) mass is 279 g/mol. The van der Waals surface area contributed by atoms with Crippen molar-refractivity contribution in [1.82, 2.24) is 4.98 Å². The minimum atomic E-state index is 0.294. The number of carbonyl (C=O) groups excluding carboxylic acids is 1. The van der Waals surface area contributed by atoms with Crippen LogP contribution in [0.4, 0.5) is 0 Å².